The molecule has 0 N–H and O–H groups in total. The summed E-state index contributed by atoms with van der Waals surface area (Å²) < 4.78 is 4.71. The van der Waals surface area contributed by atoms with Crippen molar-refractivity contribution >= 4 is 5.97 Å². The lowest BCUT2D eigenvalue weighted by Crippen LogP contribution is -2.09. The maximum Gasteiger partial charge on any atom is 0.338 e. The van der Waals surface area contributed by atoms with E-state index in [1.54, 1.807) is 18.2 Å². The maximum absolute atomic E-state index is 11.6. The van der Waals surface area contributed by atoms with E-state index in [0.717, 1.165) is 5.56 Å². The van der Waals surface area contributed by atoms with E-state index in [1.807, 2.05) is 0 Å². The van der Waals surface area contributed by atoms with E-state index in [0.29, 0.717) is 23.5 Å². The standard InChI is InChI=1S/C13H15NO2/c1-9(2)7-12-10(8-14)5-4-6-11(12)13(15)16-3/h4-6,9H,7H2,1-3H3. The number of methoxy groups -OCH3 is 1. The number of esters is 1. The molecule has 0 spiro atoms. The first-order valence-corrected chi connectivity index (χ1v) is 5.20. The van der Waals surface area contributed by atoms with Crippen LogP contribution in [0.5, 0.6) is 0 Å². The second-order valence-electron chi connectivity index (χ2n) is 4.03. The van der Waals surface area contributed by atoms with E-state index in [2.05, 4.69) is 19.9 Å². The number of carbonyl (C=O) groups excluding carboxylic acids is 1. The minimum absolute atomic E-state index is 0.382. The zero-order valence-corrected chi connectivity index (χ0v) is 9.78. The molecule has 1 aromatic carbocycles. The summed E-state index contributed by atoms with van der Waals surface area (Å²) in [5.41, 5.74) is 1.83. The van der Waals surface area contributed by atoms with Crippen molar-refractivity contribution in [2.24, 2.45) is 5.92 Å². The van der Waals surface area contributed by atoms with Gasteiger partial charge in [0.25, 0.3) is 0 Å². The third kappa shape index (κ3) is 2.60. The summed E-state index contributed by atoms with van der Waals surface area (Å²) >= 11 is 0. The smallest absolute Gasteiger partial charge is 0.338 e. The second-order valence-corrected chi connectivity index (χ2v) is 4.03. The van der Waals surface area contributed by atoms with Crippen LogP contribution in [-0.4, -0.2) is 13.1 Å². The average molecular weight is 217 g/mol. The predicted molar refractivity (Wildman–Crippen MR) is 61.0 cm³/mol. The summed E-state index contributed by atoms with van der Waals surface area (Å²) in [4.78, 5) is 11.6. The van der Waals surface area contributed by atoms with Gasteiger partial charge >= 0.3 is 5.97 Å². The summed E-state index contributed by atoms with van der Waals surface area (Å²) in [6, 6.07) is 7.24. The fourth-order valence-corrected chi connectivity index (χ4v) is 1.62. The van der Waals surface area contributed by atoms with E-state index >= 15 is 0 Å². The number of benzene rings is 1. The molecule has 0 radical (unpaired) electrons. The topological polar surface area (TPSA) is 50.1 Å². The van der Waals surface area contributed by atoms with Gasteiger partial charge in [-0.05, 0) is 30.0 Å². The molecule has 0 heterocycles. The van der Waals surface area contributed by atoms with Gasteiger partial charge in [-0.3, -0.25) is 0 Å². The third-order valence-corrected chi connectivity index (χ3v) is 2.31. The van der Waals surface area contributed by atoms with Gasteiger partial charge in [-0.25, -0.2) is 4.79 Å². The second kappa shape index (κ2) is 5.32. The molecule has 84 valence electrons. The molecule has 0 aliphatic carbocycles. The Hall–Kier alpha value is -1.82. The van der Waals surface area contributed by atoms with Gasteiger partial charge < -0.3 is 4.74 Å². The van der Waals surface area contributed by atoms with Crippen LogP contribution >= 0.6 is 0 Å². The Morgan fingerprint density at radius 3 is 2.69 bits per heavy atom. The van der Waals surface area contributed by atoms with Gasteiger partial charge in [0.2, 0.25) is 0 Å². The van der Waals surface area contributed by atoms with Gasteiger partial charge in [0.1, 0.15) is 0 Å². The molecule has 0 atom stereocenters. The Bertz CT molecular complexity index is 430. The van der Waals surface area contributed by atoms with Crippen LogP contribution in [0.3, 0.4) is 0 Å². The van der Waals surface area contributed by atoms with Crippen LogP contribution in [0.15, 0.2) is 18.2 Å². The van der Waals surface area contributed by atoms with Crippen LogP contribution in [0.4, 0.5) is 0 Å². The predicted octanol–water partition coefficient (Wildman–Crippen LogP) is 2.54. The summed E-state index contributed by atoms with van der Waals surface area (Å²) in [5, 5.41) is 9.01. The molecule has 1 rings (SSSR count). The molecule has 0 aliphatic rings. The lowest BCUT2D eigenvalue weighted by molar-refractivity contribution is 0.0599. The van der Waals surface area contributed by atoms with Gasteiger partial charge in [-0.2, -0.15) is 5.26 Å². The van der Waals surface area contributed by atoms with Crippen LogP contribution in [-0.2, 0) is 11.2 Å². The average Bonchev–Trinajstić information content (AvgIpc) is 2.27. The van der Waals surface area contributed by atoms with Crippen molar-refractivity contribution in [2.45, 2.75) is 20.3 Å². The van der Waals surface area contributed by atoms with Crippen molar-refractivity contribution in [3.8, 4) is 6.07 Å². The van der Waals surface area contributed by atoms with Crippen molar-refractivity contribution in [2.75, 3.05) is 7.11 Å². The van der Waals surface area contributed by atoms with Crippen molar-refractivity contribution < 1.29 is 9.53 Å². The lowest BCUT2D eigenvalue weighted by atomic mass is 9.94. The fraction of sp³-hybridized carbons (Fsp3) is 0.385. The molecule has 0 amide bonds. The lowest BCUT2D eigenvalue weighted by Gasteiger charge is -2.11. The minimum Gasteiger partial charge on any atom is -0.465 e. The van der Waals surface area contributed by atoms with Crippen molar-refractivity contribution in [1.82, 2.24) is 0 Å². The molecule has 0 bridgehead atoms. The fourth-order valence-electron chi connectivity index (χ4n) is 1.62. The number of carbonyl (C=O) groups is 1. The molecule has 0 aliphatic heterocycles. The quantitative estimate of drug-likeness (QED) is 0.731. The number of nitrogens with zero attached hydrogens (tertiary/aromatic N) is 1. The Balaban J connectivity index is 3.27. The summed E-state index contributed by atoms with van der Waals surface area (Å²) in [5.74, 6) is 0.00524. The van der Waals surface area contributed by atoms with E-state index < -0.39 is 0 Å². The highest BCUT2D eigenvalue weighted by Crippen LogP contribution is 2.19. The summed E-state index contributed by atoms with van der Waals surface area (Å²) in [6.45, 7) is 4.10. The van der Waals surface area contributed by atoms with E-state index in [4.69, 9.17) is 10.00 Å². The molecule has 0 saturated carbocycles. The van der Waals surface area contributed by atoms with Gasteiger partial charge in [-0.15, -0.1) is 0 Å². The van der Waals surface area contributed by atoms with Crippen LogP contribution in [0.2, 0.25) is 0 Å². The van der Waals surface area contributed by atoms with Crippen LogP contribution in [0, 0.1) is 17.2 Å². The Morgan fingerprint density at radius 1 is 1.50 bits per heavy atom. The van der Waals surface area contributed by atoms with Crippen molar-refractivity contribution in [3.63, 3.8) is 0 Å². The summed E-state index contributed by atoms with van der Waals surface area (Å²) in [6.07, 6.45) is 0.703. The van der Waals surface area contributed by atoms with Crippen LogP contribution in [0.1, 0.15) is 35.3 Å². The third-order valence-electron chi connectivity index (χ3n) is 2.31. The van der Waals surface area contributed by atoms with Gasteiger partial charge in [-0.1, -0.05) is 19.9 Å². The molecule has 0 unspecified atom stereocenters. The van der Waals surface area contributed by atoms with Gasteiger partial charge in [0.05, 0.1) is 24.3 Å². The molecule has 0 saturated heterocycles. The first-order chi connectivity index (χ1) is 7.60. The highest BCUT2D eigenvalue weighted by Gasteiger charge is 2.15. The monoisotopic (exact) mass is 217 g/mol. The highest BCUT2D eigenvalue weighted by molar-refractivity contribution is 5.91. The first-order valence-electron chi connectivity index (χ1n) is 5.20. The van der Waals surface area contributed by atoms with Crippen LogP contribution in [0.25, 0.3) is 0 Å². The normalized spacial score (nSPS) is 9.94. The van der Waals surface area contributed by atoms with Crippen LogP contribution < -0.4 is 0 Å². The molecule has 16 heavy (non-hydrogen) atoms. The Morgan fingerprint density at radius 2 is 2.19 bits per heavy atom. The zero-order valence-electron chi connectivity index (χ0n) is 9.78. The number of rotatable bonds is 3. The molecule has 3 nitrogen and oxygen atoms in total. The number of hydrogen-bond donors (Lipinski definition) is 0. The Labute approximate surface area is 95.7 Å². The molecular formula is C13H15NO2. The first kappa shape index (κ1) is 12.3. The van der Waals surface area contributed by atoms with Gasteiger partial charge in [0.15, 0.2) is 0 Å². The largest absolute Gasteiger partial charge is 0.465 e. The van der Waals surface area contributed by atoms with E-state index in [-0.39, 0.29) is 5.97 Å². The highest BCUT2D eigenvalue weighted by atomic mass is 16.5. The van der Waals surface area contributed by atoms with E-state index in [9.17, 15) is 4.79 Å². The summed E-state index contributed by atoms with van der Waals surface area (Å²) in [7, 11) is 1.35. The molecule has 1 aromatic rings. The molecule has 0 aromatic heterocycles. The van der Waals surface area contributed by atoms with E-state index in [1.165, 1.54) is 7.11 Å². The maximum atomic E-state index is 11.6. The zero-order chi connectivity index (χ0) is 12.1. The number of nitriles is 1. The van der Waals surface area contributed by atoms with Crippen molar-refractivity contribution in [1.29, 1.82) is 5.26 Å². The molecule has 3 heteroatoms. The molecular weight excluding hydrogens is 202 g/mol. The Kier molecular flexibility index (Phi) is 4.07. The SMILES string of the molecule is COC(=O)c1cccc(C#N)c1CC(C)C. The van der Waals surface area contributed by atoms with Gasteiger partial charge in [0, 0.05) is 0 Å². The molecule has 0 fully saturated rings. The number of ether oxygens (including phenoxy) is 1. The number of hydrogen-bond acceptors (Lipinski definition) is 3. The minimum atomic E-state index is -0.382. The van der Waals surface area contributed by atoms with Crippen molar-refractivity contribution in [3.05, 3.63) is 34.9 Å².